The highest BCUT2D eigenvalue weighted by Gasteiger charge is 2.14. The van der Waals surface area contributed by atoms with Gasteiger partial charge in [0.15, 0.2) is 5.82 Å². The van der Waals surface area contributed by atoms with Crippen LogP contribution in [0, 0.1) is 6.92 Å². The fourth-order valence-corrected chi connectivity index (χ4v) is 1.48. The second kappa shape index (κ2) is 5.97. The highest BCUT2D eigenvalue weighted by molar-refractivity contribution is 5.84. The van der Waals surface area contributed by atoms with Crippen LogP contribution in [0.1, 0.15) is 11.1 Å². The van der Waals surface area contributed by atoms with Crippen LogP contribution < -0.4 is 10.9 Å². The van der Waals surface area contributed by atoms with E-state index in [1.165, 1.54) is 0 Å². The molecule has 0 unspecified atom stereocenters. The van der Waals surface area contributed by atoms with Crippen molar-refractivity contribution in [2.75, 3.05) is 5.01 Å². The van der Waals surface area contributed by atoms with Crippen LogP contribution in [-0.4, -0.2) is 11.1 Å². The van der Waals surface area contributed by atoms with Gasteiger partial charge in [0.2, 0.25) is 0 Å². The number of nitrogens with zero attached hydrogens (tertiary/aromatic N) is 2. The third kappa shape index (κ3) is 3.53. The maximum Gasteiger partial charge on any atom is 0.430 e. The summed E-state index contributed by atoms with van der Waals surface area (Å²) in [6.07, 6.45) is 1.000. The van der Waals surface area contributed by atoms with E-state index in [9.17, 15) is 4.79 Å². The van der Waals surface area contributed by atoms with Crippen molar-refractivity contribution in [1.29, 1.82) is 0 Å². The number of rotatable bonds is 3. The minimum atomic E-state index is -0.639. The molecule has 0 atom stereocenters. The number of hydrogen-bond donors (Lipinski definition) is 1. The zero-order valence-electron chi connectivity index (χ0n) is 10.6. The van der Waals surface area contributed by atoms with Crippen molar-refractivity contribution >= 4 is 11.9 Å². The first-order valence-electron chi connectivity index (χ1n) is 5.85. The van der Waals surface area contributed by atoms with E-state index in [1.54, 1.807) is 12.3 Å². The molecule has 1 aromatic carbocycles. The summed E-state index contributed by atoms with van der Waals surface area (Å²) in [7, 11) is 0. The first-order valence-corrected chi connectivity index (χ1v) is 5.85. The second-order valence-corrected chi connectivity index (χ2v) is 4.10. The average molecular weight is 257 g/mol. The molecule has 0 spiro atoms. The third-order valence-electron chi connectivity index (χ3n) is 2.54. The molecule has 98 valence electrons. The van der Waals surface area contributed by atoms with Gasteiger partial charge < -0.3 is 4.74 Å². The normalized spacial score (nSPS) is 10.0. The van der Waals surface area contributed by atoms with E-state index in [4.69, 9.17) is 10.6 Å². The summed E-state index contributed by atoms with van der Waals surface area (Å²) in [6, 6.07) is 12.9. The molecule has 0 aliphatic heterocycles. The van der Waals surface area contributed by atoms with Crippen LogP contribution in [-0.2, 0) is 11.3 Å². The molecule has 1 heterocycles. The monoisotopic (exact) mass is 257 g/mol. The van der Waals surface area contributed by atoms with Gasteiger partial charge in [-0.15, -0.1) is 0 Å². The number of benzene rings is 1. The zero-order valence-corrected chi connectivity index (χ0v) is 10.6. The van der Waals surface area contributed by atoms with Crippen LogP contribution in [0.2, 0.25) is 0 Å². The number of aryl methyl sites for hydroxylation is 1. The molecule has 0 saturated carbocycles. The van der Waals surface area contributed by atoms with Gasteiger partial charge >= 0.3 is 6.09 Å². The van der Waals surface area contributed by atoms with Crippen molar-refractivity contribution in [3.63, 3.8) is 0 Å². The lowest BCUT2D eigenvalue weighted by molar-refractivity contribution is 0.147. The quantitative estimate of drug-likeness (QED) is 0.521. The summed E-state index contributed by atoms with van der Waals surface area (Å²) in [5.74, 6) is 6.00. The molecular formula is C14H15N3O2. The van der Waals surface area contributed by atoms with Crippen LogP contribution in [0.15, 0.2) is 48.7 Å². The fourth-order valence-electron chi connectivity index (χ4n) is 1.48. The summed E-state index contributed by atoms with van der Waals surface area (Å²) < 4.78 is 5.10. The van der Waals surface area contributed by atoms with Gasteiger partial charge in [-0.05, 0) is 24.1 Å². The van der Waals surface area contributed by atoms with Crippen LogP contribution in [0.25, 0.3) is 0 Å². The predicted molar refractivity (Wildman–Crippen MR) is 72.3 cm³/mol. The number of hydrazine groups is 1. The highest BCUT2D eigenvalue weighted by atomic mass is 16.6. The molecule has 1 amide bonds. The first-order chi connectivity index (χ1) is 9.16. The number of anilines is 1. The maximum atomic E-state index is 11.7. The molecule has 2 rings (SSSR count). The molecular weight excluding hydrogens is 242 g/mol. The molecule has 19 heavy (non-hydrogen) atoms. The summed E-state index contributed by atoms with van der Waals surface area (Å²) in [5, 5.41) is 0.891. The van der Waals surface area contributed by atoms with Gasteiger partial charge in [0.25, 0.3) is 0 Å². The molecule has 1 aromatic heterocycles. The predicted octanol–water partition coefficient (Wildman–Crippen LogP) is 2.41. The number of ether oxygens (including phenoxy) is 1. The van der Waals surface area contributed by atoms with Crippen LogP contribution in [0.3, 0.4) is 0 Å². The zero-order chi connectivity index (χ0) is 13.7. The Morgan fingerprint density at radius 1 is 1.26 bits per heavy atom. The third-order valence-corrected chi connectivity index (χ3v) is 2.54. The van der Waals surface area contributed by atoms with Crippen molar-refractivity contribution in [3.8, 4) is 0 Å². The van der Waals surface area contributed by atoms with Crippen LogP contribution in [0.4, 0.5) is 10.6 Å². The lowest BCUT2D eigenvalue weighted by Gasteiger charge is -2.15. The molecule has 0 aliphatic carbocycles. The van der Waals surface area contributed by atoms with Crippen LogP contribution in [0.5, 0.6) is 0 Å². The fraction of sp³-hybridized carbons (Fsp3) is 0.143. The molecule has 0 radical (unpaired) electrons. The summed E-state index contributed by atoms with van der Waals surface area (Å²) in [4.78, 5) is 15.8. The van der Waals surface area contributed by atoms with Gasteiger partial charge in [-0.2, -0.15) is 5.01 Å². The van der Waals surface area contributed by atoms with E-state index in [-0.39, 0.29) is 6.61 Å². The molecule has 0 saturated heterocycles. The number of aromatic nitrogens is 1. The topological polar surface area (TPSA) is 68.5 Å². The molecule has 5 nitrogen and oxygen atoms in total. The number of pyridine rings is 1. The van der Waals surface area contributed by atoms with E-state index in [0.29, 0.717) is 5.82 Å². The largest absolute Gasteiger partial charge is 0.443 e. The van der Waals surface area contributed by atoms with Gasteiger partial charge in [-0.25, -0.2) is 15.6 Å². The Morgan fingerprint density at radius 3 is 2.63 bits per heavy atom. The Bertz CT molecular complexity index is 540. The number of nitrogens with two attached hydrogens (primary N) is 1. The molecule has 2 N–H and O–H groups in total. The van der Waals surface area contributed by atoms with E-state index in [2.05, 4.69) is 4.98 Å². The number of carbonyl (C=O) groups excluding carboxylic acids is 1. The average Bonchev–Trinajstić information content (AvgIpc) is 2.46. The van der Waals surface area contributed by atoms with Crippen LogP contribution >= 0.6 is 0 Å². The molecule has 0 aliphatic rings. The van der Waals surface area contributed by atoms with Crippen molar-refractivity contribution in [2.45, 2.75) is 13.5 Å². The van der Waals surface area contributed by atoms with Gasteiger partial charge in [0.05, 0.1) is 0 Å². The van der Waals surface area contributed by atoms with E-state index in [1.807, 2.05) is 43.3 Å². The molecule has 0 fully saturated rings. The number of carbonyl (C=O) groups is 1. The number of hydrogen-bond acceptors (Lipinski definition) is 4. The maximum absolute atomic E-state index is 11.7. The molecule has 2 aromatic rings. The van der Waals surface area contributed by atoms with Crippen molar-refractivity contribution in [1.82, 2.24) is 4.98 Å². The molecule has 5 heteroatoms. The van der Waals surface area contributed by atoms with E-state index < -0.39 is 6.09 Å². The Kier molecular flexibility index (Phi) is 4.10. The minimum absolute atomic E-state index is 0.180. The van der Waals surface area contributed by atoms with Gasteiger partial charge in [0.1, 0.15) is 6.61 Å². The van der Waals surface area contributed by atoms with E-state index >= 15 is 0 Å². The second-order valence-electron chi connectivity index (χ2n) is 4.10. The van der Waals surface area contributed by atoms with Gasteiger partial charge in [-0.3, -0.25) is 0 Å². The Balaban J connectivity index is 1.94. The smallest absolute Gasteiger partial charge is 0.430 e. The highest BCUT2D eigenvalue weighted by Crippen LogP contribution is 2.09. The minimum Gasteiger partial charge on any atom is -0.443 e. The van der Waals surface area contributed by atoms with Crippen molar-refractivity contribution in [2.24, 2.45) is 5.84 Å². The first kappa shape index (κ1) is 13.0. The summed E-state index contributed by atoms with van der Waals surface area (Å²) >= 11 is 0. The lowest BCUT2D eigenvalue weighted by Crippen LogP contribution is -2.38. The van der Waals surface area contributed by atoms with E-state index in [0.717, 1.165) is 16.1 Å². The Morgan fingerprint density at radius 2 is 2.00 bits per heavy atom. The SMILES string of the molecule is Cc1ccc(N(N)C(=O)OCc2ccccc2)nc1. The lowest BCUT2D eigenvalue weighted by atomic mass is 10.2. The standard InChI is InChI=1S/C14H15N3O2/c1-11-7-8-13(16-9-11)17(15)14(18)19-10-12-5-3-2-4-6-12/h2-9H,10,15H2,1H3. The Hall–Kier alpha value is -2.40. The van der Waals surface area contributed by atoms with Gasteiger partial charge in [-0.1, -0.05) is 36.4 Å². The Labute approximate surface area is 111 Å². The molecule has 0 bridgehead atoms. The van der Waals surface area contributed by atoms with Crippen molar-refractivity contribution < 1.29 is 9.53 Å². The summed E-state index contributed by atoms with van der Waals surface area (Å²) in [5.41, 5.74) is 1.90. The summed E-state index contributed by atoms with van der Waals surface area (Å²) in [6.45, 7) is 2.09. The van der Waals surface area contributed by atoms with Crippen molar-refractivity contribution in [3.05, 3.63) is 59.8 Å². The number of amides is 1. The van der Waals surface area contributed by atoms with Gasteiger partial charge in [0, 0.05) is 6.20 Å².